The van der Waals surface area contributed by atoms with Gasteiger partial charge in [-0.3, -0.25) is 19.6 Å². The maximum atomic E-state index is 12.1. The zero-order valence-electron chi connectivity index (χ0n) is 16.9. The Hall–Kier alpha value is -2.19. The van der Waals surface area contributed by atoms with Crippen LogP contribution in [0, 0.1) is 10.1 Å². The molecule has 8 nitrogen and oxygen atoms in total. The van der Waals surface area contributed by atoms with Crippen molar-refractivity contribution in [3.05, 3.63) is 38.9 Å². The number of hydrogen-bond acceptors (Lipinski definition) is 6. The van der Waals surface area contributed by atoms with Crippen molar-refractivity contribution in [1.29, 1.82) is 0 Å². The van der Waals surface area contributed by atoms with Gasteiger partial charge in [-0.25, -0.2) is 4.79 Å². The van der Waals surface area contributed by atoms with Gasteiger partial charge in [0.25, 0.3) is 5.69 Å². The fraction of sp³-hybridized carbons (Fsp3) is 0.667. The molecular formula is C21H30N4O4. The van der Waals surface area contributed by atoms with Crippen LogP contribution >= 0.6 is 0 Å². The first-order valence-electron chi connectivity index (χ1n) is 10.9. The Bertz CT molecular complexity index is 892. The van der Waals surface area contributed by atoms with Crippen LogP contribution in [0.3, 0.4) is 0 Å². The van der Waals surface area contributed by atoms with E-state index in [1.807, 2.05) is 0 Å². The third-order valence-electron chi connectivity index (χ3n) is 6.47. The molecule has 1 aliphatic carbocycles. The summed E-state index contributed by atoms with van der Waals surface area (Å²) in [6.07, 6.45) is 8.83. The average molecular weight is 402 g/mol. The van der Waals surface area contributed by atoms with Crippen LogP contribution < -0.4 is 5.76 Å². The van der Waals surface area contributed by atoms with Crippen LogP contribution in [0.1, 0.15) is 44.9 Å². The quantitative estimate of drug-likeness (QED) is 0.402. The molecule has 4 rings (SSSR count). The summed E-state index contributed by atoms with van der Waals surface area (Å²) in [5, 5.41) is 10.9. The highest BCUT2D eigenvalue weighted by Gasteiger charge is 2.24. The highest BCUT2D eigenvalue weighted by Crippen LogP contribution is 2.24. The summed E-state index contributed by atoms with van der Waals surface area (Å²) in [4.78, 5) is 27.7. The molecule has 1 saturated heterocycles. The Labute approximate surface area is 170 Å². The molecule has 1 aromatic carbocycles. The molecule has 1 aliphatic heterocycles. The molecule has 158 valence electrons. The molecule has 2 aliphatic rings. The van der Waals surface area contributed by atoms with Gasteiger partial charge in [-0.05, 0) is 38.3 Å². The number of rotatable bonds is 7. The van der Waals surface area contributed by atoms with Gasteiger partial charge in [-0.2, -0.15) is 0 Å². The van der Waals surface area contributed by atoms with Gasteiger partial charge < -0.3 is 9.32 Å². The minimum Gasteiger partial charge on any atom is -0.407 e. The molecule has 0 radical (unpaired) electrons. The SMILES string of the molecule is O=c1oc2cc([N+](=O)[O-])ccc2n1CCCCN1CCN(C2CCCCC2)CC1. The number of hydrogen-bond donors (Lipinski definition) is 0. The lowest BCUT2D eigenvalue weighted by Crippen LogP contribution is -2.50. The van der Waals surface area contributed by atoms with Crippen molar-refractivity contribution >= 4 is 16.8 Å². The second kappa shape index (κ2) is 9.09. The van der Waals surface area contributed by atoms with E-state index in [-0.39, 0.29) is 11.3 Å². The summed E-state index contributed by atoms with van der Waals surface area (Å²) in [5.74, 6) is -0.443. The third kappa shape index (κ3) is 4.70. The van der Waals surface area contributed by atoms with Crippen LogP contribution in [0.2, 0.25) is 0 Å². The Balaban J connectivity index is 1.23. The summed E-state index contributed by atoms with van der Waals surface area (Å²) in [7, 11) is 0. The van der Waals surface area contributed by atoms with Crippen LogP contribution in [0.4, 0.5) is 5.69 Å². The summed E-state index contributed by atoms with van der Waals surface area (Å²) >= 11 is 0. The number of aromatic nitrogens is 1. The lowest BCUT2D eigenvalue weighted by atomic mass is 9.94. The number of benzene rings is 1. The lowest BCUT2D eigenvalue weighted by Gasteiger charge is -2.40. The summed E-state index contributed by atoms with van der Waals surface area (Å²) in [5.41, 5.74) is 0.843. The van der Waals surface area contributed by atoms with Gasteiger partial charge >= 0.3 is 5.76 Å². The number of nitro groups is 1. The van der Waals surface area contributed by atoms with E-state index in [9.17, 15) is 14.9 Å². The van der Waals surface area contributed by atoms with Crippen molar-refractivity contribution in [2.75, 3.05) is 32.7 Å². The molecule has 0 N–H and O–H groups in total. The maximum absolute atomic E-state index is 12.1. The molecule has 1 saturated carbocycles. The minimum absolute atomic E-state index is 0.0641. The van der Waals surface area contributed by atoms with Crippen LogP contribution in [0.25, 0.3) is 11.1 Å². The Morgan fingerprint density at radius 3 is 2.48 bits per heavy atom. The predicted octanol–water partition coefficient (Wildman–Crippen LogP) is 3.23. The average Bonchev–Trinajstić information content (AvgIpc) is 3.06. The number of aryl methyl sites for hydroxylation is 1. The topological polar surface area (TPSA) is 84.8 Å². The largest absolute Gasteiger partial charge is 0.419 e. The van der Waals surface area contributed by atoms with Crippen molar-refractivity contribution < 1.29 is 9.34 Å². The van der Waals surface area contributed by atoms with E-state index in [0.29, 0.717) is 12.1 Å². The molecule has 0 amide bonds. The molecule has 29 heavy (non-hydrogen) atoms. The minimum atomic E-state index is -0.481. The predicted molar refractivity (Wildman–Crippen MR) is 111 cm³/mol. The monoisotopic (exact) mass is 402 g/mol. The molecule has 0 bridgehead atoms. The zero-order chi connectivity index (χ0) is 20.2. The number of non-ortho nitro benzene ring substituents is 1. The van der Waals surface area contributed by atoms with Crippen LogP contribution in [-0.4, -0.2) is 58.1 Å². The molecule has 2 aromatic rings. The lowest BCUT2D eigenvalue weighted by molar-refractivity contribution is -0.384. The maximum Gasteiger partial charge on any atom is 0.419 e. The second-order valence-electron chi connectivity index (χ2n) is 8.31. The fourth-order valence-electron chi connectivity index (χ4n) is 4.78. The van der Waals surface area contributed by atoms with E-state index in [1.54, 1.807) is 10.6 Å². The molecule has 0 spiro atoms. The third-order valence-corrected chi connectivity index (χ3v) is 6.47. The molecule has 1 aromatic heterocycles. The van der Waals surface area contributed by atoms with Crippen molar-refractivity contribution in [1.82, 2.24) is 14.4 Å². The van der Waals surface area contributed by atoms with Gasteiger partial charge in [0.15, 0.2) is 5.58 Å². The fourth-order valence-corrected chi connectivity index (χ4v) is 4.78. The van der Waals surface area contributed by atoms with E-state index in [2.05, 4.69) is 9.80 Å². The van der Waals surface area contributed by atoms with Crippen molar-refractivity contribution in [3.8, 4) is 0 Å². The van der Waals surface area contributed by atoms with Crippen LogP contribution in [-0.2, 0) is 6.54 Å². The van der Waals surface area contributed by atoms with E-state index in [1.165, 1.54) is 57.3 Å². The Kier molecular flexibility index (Phi) is 6.30. The molecule has 0 unspecified atom stereocenters. The van der Waals surface area contributed by atoms with Gasteiger partial charge in [0.2, 0.25) is 0 Å². The molecular weight excluding hydrogens is 372 g/mol. The van der Waals surface area contributed by atoms with Crippen molar-refractivity contribution in [2.45, 2.75) is 57.5 Å². The summed E-state index contributed by atoms with van der Waals surface area (Å²) < 4.78 is 6.78. The highest BCUT2D eigenvalue weighted by molar-refractivity contribution is 5.75. The number of fused-ring (bicyclic) bond motifs is 1. The van der Waals surface area contributed by atoms with Gasteiger partial charge in [-0.15, -0.1) is 0 Å². The zero-order valence-corrected chi connectivity index (χ0v) is 16.9. The Morgan fingerprint density at radius 1 is 1.03 bits per heavy atom. The number of oxazole rings is 1. The van der Waals surface area contributed by atoms with E-state index in [0.717, 1.165) is 38.5 Å². The summed E-state index contributed by atoms with van der Waals surface area (Å²) in [6.45, 7) is 6.24. The first-order valence-corrected chi connectivity index (χ1v) is 10.9. The number of piperazine rings is 1. The van der Waals surface area contributed by atoms with E-state index >= 15 is 0 Å². The standard InChI is InChI=1S/C21H30N4O4/c26-21-24(19-9-8-18(25(27)28)16-20(19)29-21)11-5-4-10-22-12-14-23(15-13-22)17-6-2-1-3-7-17/h8-9,16-17H,1-7,10-15H2. The van der Waals surface area contributed by atoms with E-state index in [4.69, 9.17) is 4.42 Å². The molecule has 2 heterocycles. The first kappa shape index (κ1) is 20.1. The van der Waals surface area contributed by atoms with Gasteiger partial charge in [0.05, 0.1) is 16.5 Å². The normalized spacial score (nSPS) is 19.7. The number of nitro benzene ring substituents is 1. The van der Waals surface area contributed by atoms with Crippen molar-refractivity contribution in [2.24, 2.45) is 0 Å². The first-order chi connectivity index (χ1) is 14.1. The molecule has 2 fully saturated rings. The van der Waals surface area contributed by atoms with Gasteiger partial charge in [0.1, 0.15) is 0 Å². The van der Waals surface area contributed by atoms with Gasteiger partial charge in [-0.1, -0.05) is 19.3 Å². The second-order valence-corrected chi connectivity index (χ2v) is 8.31. The molecule has 0 atom stereocenters. The molecule has 8 heteroatoms. The smallest absolute Gasteiger partial charge is 0.407 e. The van der Waals surface area contributed by atoms with Crippen LogP contribution in [0.5, 0.6) is 0 Å². The van der Waals surface area contributed by atoms with Crippen molar-refractivity contribution in [3.63, 3.8) is 0 Å². The number of unbranched alkanes of at least 4 members (excludes halogenated alkanes) is 1. The summed E-state index contributed by atoms with van der Waals surface area (Å²) in [6, 6.07) is 5.14. The Morgan fingerprint density at radius 2 is 1.76 bits per heavy atom. The highest BCUT2D eigenvalue weighted by atomic mass is 16.6. The van der Waals surface area contributed by atoms with Gasteiger partial charge in [0, 0.05) is 44.8 Å². The van der Waals surface area contributed by atoms with Crippen LogP contribution in [0.15, 0.2) is 27.4 Å². The van der Waals surface area contributed by atoms with E-state index < -0.39 is 10.7 Å². The number of nitrogens with zero attached hydrogens (tertiary/aromatic N) is 4.